The van der Waals surface area contributed by atoms with Gasteiger partial charge in [-0.15, -0.1) is 11.3 Å². The summed E-state index contributed by atoms with van der Waals surface area (Å²) in [5.41, 5.74) is 5.79. The number of hydrogen-bond donors (Lipinski definition) is 1. The molecule has 1 aromatic heterocycles. The van der Waals surface area contributed by atoms with Crippen molar-refractivity contribution in [3.63, 3.8) is 0 Å². The van der Waals surface area contributed by atoms with E-state index in [1.165, 1.54) is 15.6 Å². The summed E-state index contributed by atoms with van der Waals surface area (Å²) in [6, 6.07) is 3.35. The Hall–Kier alpha value is 0.0500. The van der Waals surface area contributed by atoms with Crippen LogP contribution in [0.2, 0.25) is 0 Å². The largest absolute Gasteiger partial charge is 0.327 e. The maximum atomic E-state index is 12.2. The van der Waals surface area contributed by atoms with E-state index < -0.39 is 10.0 Å². The molecule has 0 aliphatic carbocycles. The molecule has 1 atom stereocenters. The highest BCUT2D eigenvalue weighted by molar-refractivity contribution is 9.11. The molecule has 1 fully saturated rings. The van der Waals surface area contributed by atoms with E-state index in [1.807, 2.05) is 0 Å². The van der Waals surface area contributed by atoms with Gasteiger partial charge in [0.1, 0.15) is 4.21 Å². The second-order valence-electron chi connectivity index (χ2n) is 3.82. The van der Waals surface area contributed by atoms with E-state index in [0.29, 0.717) is 17.3 Å². The Bertz CT molecular complexity index is 472. The molecule has 0 amide bonds. The SMILES string of the molecule is N[C@H]1CCCN(S(=O)(=O)c2ccc(Br)s2)C1. The fourth-order valence-corrected chi connectivity index (χ4v) is 5.46. The molecule has 1 aliphatic rings. The third-order valence-electron chi connectivity index (χ3n) is 2.56. The van der Waals surface area contributed by atoms with Crippen molar-refractivity contribution in [3.05, 3.63) is 15.9 Å². The summed E-state index contributed by atoms with van der Waals surface area (Å²) >= 11 is 4.51. The minimum Gasteiger partial charge on any atom is -0.327 e. The fraction of sp³-hybridized carbons (Fsp3) is 0.556. The lowest BCUT2D eigenvalue weighted by Crippen LogP contribution is -2.45. The molecule has 2 rings (SSSR count). The van der Waals surface area contributed by atoms with Gasteiger partial charge in [-0.3, -0.25) is 0 Å². The van der Waals surface area contributed by atoms with Crippen molar-refractivity contribution in [3.8, 4) is 0 Å². The second-order valence-corrected chi connectivity index (χ2v) is 8.45. The first kappa shape index (κ1) is 12.5. The summed E-state index contributed by atoms with van der Waals surface area (Å²) in [7, 11) is -3.33. The summed E-state index contributed by atoms with van der Waals surface area (Å²) in [5.74, 6) is 0. The number of hydrogen-bond acceptors (Lipinski definition) is 4. The normalized spacial score (nSPS) is 23.5. The molecular weight excluding hydrogens is 312 g/mol. The van der Waals surface area contributed by atoms with Crippen LogP contribution < -0.4 is 5.73 Å². The minimum absolute atomic E-state index is 0.0353. The number of nitrogens with two attached hydrogens (primary N) is 1. The highest BCUT2D eigenvalue weighted by Crippen LogP contribution is 2.29. The predicted octanol–water partition coefficient (Wildman–Crippen LogP) is 1.62. The van der Waals surface area contributed by atoms with Crippen molar-refractivity contribution in [2.75, 3.05) is 13.1 Å². The molecule has 0 aromatic carbocycles. The molecule has 2 heterocycles. The van der Waals surface area contributed by atoms with E-state index in [9.17, 15) is 8.42 Å². The minimum atomic E-state index is -3.33. The van der Waals surface area contributed by atoms with Crippen LogP contribution >= 0.6 is 27.3 Å². The molecule has 0 spiro atoms. The summed E-state index contributed by atoms with van der Waals surface area (Å²) in [6.45, 7) is 1.00. The van der Waals surface area contributed by atoms with Gasteiger partial charge in [0.25, 0.3) is 10.0 Å². The van der Waals surface area contributed by atoms with Gasteiger partial charge in [-0.1, -0.05) is 0 Å². The Labute approximate surface area is 108 Å². The summed E-state index contributed by atoms with van der Waals surface area (Å²) in [5, 5.41) is 0. The average molecular weight is 325 g/mol. The van der Waals surface area contributed by atoms with Crippen LogP contribution in [0.5, 0.6) is 0 Å². The quantitative estimate of drug-likeness (QED) is 0.899. The number of halogens is 1. The fourth-order valence-electron chi connectivity index (χ4n) is 1.76. The Morgan fingerprint density at radius 1 is 1.50 bits per heavy atom. The maximum absolute atomic E-state index is 12.2. The molecule has 4 nitrogen and oxygen atoms in total. The molecule has 0 radical (unpaired) electrons. The lowest BCUT2D eigenvalue weighted by Gasteiger charge is -2.29. The average Bonchev–Trinajstić information content (AvgIpc) is 2.65. The number of nitrogens with zero attached hydrogens (tertiary/aromatic N) is 1. The molecule has 1 aliphatic heterocycles. The van der Waals surface area contributed by atoms with Crippen molar-refractivity contribution >= 4 is 37.3 Å². The van der Waals surface area contributed by atoms with Gasteiger partial charge < -0.3 is 5.73 Å². The second kappa shape index (κ2) is 4.73. The Balaban J connectivity index is 2.25. The summed E-state index contributed by atoms with van der Waals surface area (Å²) in [6.07, 6.45) is 1.74. The molecule has 1 saturated heterocycles. The number of thiophene rings is 1. The first-order chi connectivity index (χ1) is 7.50. The first-order valence-corrected chi connectivity index (χ1v) is 8.06. The van der Waals surface area contributed by atoms with E-state index in [0.717, 1.165) is 16.6 Å². The van der Waals surface area contributed by atoms with Gasteiger partial charge in [-0.2, -0.15) is 4.31 Å². The molecule has 0 unspecified atom stereocenters. The zero-order chi connectivity index (χ0) is 11.8. The van der Waals surface area contributed by atoms with E-state index in [-0.39, 0.29) is 6.04 Å². The van der Waals surface area contributed by atoms with Gasteiger partial charge in [-0.25, -0.2) is 8.42 Å². The van der Waals surface area contributed by atoms with Crippen LogP contribution in [0, 0.1) is 0 Å². The van der Waals surface area contributed by atoms with Crippen molar-refractivity contribution in [2.24, 2.45) is 5.73 Å². The number of rotatable bonds is 2. The van der Waals surface area contributed by atoms with Crippen molar-refractivity contribution < 1.29 is 8.42 Å². The van der Waals surface area contributed by atoms with E-state index in [2.05, 4.69) is 15.9 Å². The molecule has 90 valence electrons. The number of sulfonamides is 1. The van der Waals surface area contributed by atoms with Crippen LogP contribution in [-0.4, -0.2) is 31.9 Å². The van der Waals surface area contributed by atoms with Crippen LogP contribution in [-0.2, 0) is 10.0 Å². The van der Waals surface area contributed by atoms with Gasteiger partial charge in [-0.05, 0) is 40.9 Å². The standard InChI is InChI=1S/C9H13BrN2O2S2/c10-8-3-4-9(15-8)16(13,14)12-5-1-2-7(11)6-12/h3-4,7H,1-2,5-6,11H2/t7-/m0/s1. The summed E-state index contributed by atoms with van der Waals surface area (Å²) < 4.78 is 27.1. The highest BCUT2D eigenvalue weighted by atomic mass is 79.9. The molecule has 2 N–H and O–H groups in total. The van der Waals surface area contributed by atoms with Crippen LogP contribution in [0.4, 0.5) is 0 Å². The van der Waals surface area contributed by atoms with Gasteiger partial charge in [0.2, 0.25) is 0 Å². The maximum Gasteiger partial charge on any atom is 0.252 e. The van der Waals surface area contributed by atoms with Gasteiger partial charge in [0, 0.05) is 19.1 Å². The predicted molar refractivity (Wildman–Crippen MR) is 68.0 cm³/mol. The highest BCUT2D eigenvalue weighted by Gasteiger charge is 2.29. The van der Waals surface area contributed by atoms with Crippen molar-refractivity contribution in [2.45, 2.75) is 23.1 Å². The molecule has 0 saturated carbocycles. The van der Waals surface area contributed by atoms with E-state index >= 15 is 0 Å². The molecule has 0 bridgehead atoms. The monoisotopic (exact) mass is 324 g/mol. The Morgan fingerprint density at radius 3 is 2.81 bits per heavy atom. The first-order valence-electron chi connectivity index (χ1n) is 5.01. The lowest BCUT2D eigenvalue weighted by atomic mass is 10.1. The van der Waals surface area contributed by atoms with Gasteiger partial charge in [0.05, 0.1) is 3.79 Å². The number of piperidine rings is 1. The van der Waals surface area contributed by atoms with Crippen molar-refractivity contribution in [1.29, 1.82) is 0 Å². The van der Waals surface area contributed by atoms with E-state index in [4.69, 9.17) is 5.73 Å². The third-order valence-corrected chi connectivity index (χ3v) is 6.52. The van der Waals surface area contributed by atoms with Crippen LogP contribution in [0.15, 0.2) is 20.1 Å². The zero-order valence-corrected chi connectivity index (χ0v) is 11.8. The van der Waals surface area contributed by atoms with Crippen LogP contribution in [0.25, 0.3) is 0 Å². The zero-order valence-electron chi connectivity index (χ0n) is 8.60. The lowest BCUT2D eigenvalue weighted by molar-refractivity contribution is 0.316. The molecule has 16 heavy (non-hydrogen) atoms. The van der Waals surface area contributed by atoms with Crippen molar-refractivity contribution in [1.82, 2.24) is 4.31 Å². The Morgan fingerprint density at radius 2 is 2.25 bits per heavy atom. The molecule has 1 aromatic rings. The Kier molecular flexibility index (Phi) is 3.70. The molecule has 7 heteroatoms. The smallest absolute Gasteiger partial charge is 0.252 e. The summed E-state index contributed by atoms with van der Waals surface area (Å²) in [4.78, 5) is 0. The van der Waals surface area contributed by atoms with E-state index in [1.54, 1.807) is 12.1 Å². The van der Waals surface area contributed by atoms with Gasteiger partial charge in [0.15, 0.2) is 0 Å². The molecular formula is C9H13BrN2O2S2. The third kappa shape index (κ3) is 2.48. The van der Waals surface area contributed by atoms with Gasteiger partial charge >= 0.3 is 0 Å². The van der Waals surface area contributed by atoms with Crippen LogP contribution in [0.1, 0.15) is 12.8 Å². The van der Waals surface area contributed by atoms with Crippen LogP contribution in [0.3, 0.4) is 0 Å². The topological polar surface area (TPSA) is 63.4 Å².